The topological polar surface area (TPSA) is 68.8 Å². The molecule has 0 radical (unpaired) electrons. The number of amides is 1. The van der Waals surface area contributed by atoms with Crippen molar-refractivity contribution in [3.8, 4) is 17.2 Å². The summed E-state index contributed by atoms with van der Waals surface area (Å²) in [5.74, 6) is 1.93. The lowest BCUT2D eigenvalue weighted by molar-refractivity contribution is -0.116. The number of anilines is 2. The quantitative estimate of drug-likeness (QED) is 0.778. The molecule has 0 unspecified atom stereocenters. The van der Waals surface area contributed by atoms with E-state index in [1.807, 2.05) is 24.3 Å². The predicted octanol–water partition coefficient (Wildman–Crippen LogP) is 3.15. The van der Waals surface area contributed by atoms with Crippen LogP contribution in [0.1, 0.15) is 6.42 Å². The Kier molecular flexibility index (Phi) is 6.31. The minimum absolute atomic E-state index is 0.0977. The van der Waals surface area contributed by atoms with Gasteiger partial charge in [-0.25, -0.2) is 0 Å². The van der Waals surface area contributed by atoms with Gasteiger partial charge in [0.05, 0.1) is 27.0 Å². The standard InChI is InChI=1S/C18H22N2O4/c1-22-14-6-4-13(5-7-14)19-11-10-18(21)20-16-9-8-15(23-2)12-17(16)24-3/h4-9,12,19H,10-11H2,1-3H3,(H,20,21). The lowest BCUT2D eigenvalue weighted by Gasteiger charge is -2.12. The molecule has 2 aromatic carbocycles. The van der Waals surface area contributed by atoms with Gasteiger partial charge in [0, 0.05) is 24.7 Å². The molecule has 6 nitrogen and oxygen atoms in total. The van der Waals surface area contributed by atoms with Gasteiger partial charge in [0.2, 0.25) is 5.91 Å². The van der Waals surface area contributed by atoms with Crippen LogP contribution in [0.5, 0.6) is 17.2 Å². The molecule has 0 spiro atoms. The summed E-state index contributed by atoms with van der Waals surface area (Å²) in [4.78, 5) is 12.1. The van der Waals surface area contributed by atoms with Gasteiger partial charge in [-0.15, -0.1) is 0 Å². The first-order valence-corrected chi connectivity index (χ1v) is 7.56. The molecule has 0 fully saturated rings. The molecule has 0 aromatic heterocycles. The fourth-order valence-corrected chi connectivity index (χ4v) is 2.14. The average molecular weight is 330 g/mol. The van der Waals surface area contributed by atoms with Crippen molar-refractivity contribution in [3.63, 3.8) is 0 Å². The highest BCUT2D eigenvalue weighted by molar-refractivity contribution is 5.92. The molecule has 24 heavy (non-hydrogen) atoms. The highest BCUT2D eigenvalue weighted by Gasteiger charge is 2.08. The monoisotopic (exact) mass is 330 g/mol. The maximum atomic E-state index is 12.1. The third-order valence-corrected chi connectivity index (χ3v) is 3.45. The first-order chi connectivity index (χ1) is 11.7. The second-order valence-corrected chi connectivity index (χ2v) is 5.02. The zero-order valence-electron chi connectivity index (χ0n) is 14.1. The predicted molar refractivity (Wildman–Crippen MR) is 94.3 cm³/mol. The van der Waals surface area contributed by atoms with Crippen LogP contribution in [0.25, 0.3) is 0 Å². The van der Waals surface area contributed by atoms with E-state index >= 15 is 0 Å². The van der Waals surface area contributed by atoms with Crippen LogP contribution in [0.2, 0.25) is 0 Å². The van der Waals surface area contributed by atoms with E-state index < -0.39 is 0 Å². The van der Waals surface area contributed by atoms with Crippen molar-refractivity contribution in [3.05, 3.63) is 42.5 Å². The molecule has 0 saturated carbocycles. The molecule has 0 atom stereocenters. The SMILES string of the molecule is COc1ccc(NCCC(=O)Nc2ccc(OC)cc2OC)cc1. The molecule has 1 amide bonds. The Labute approximate surface area is 141 Å². The Morgan fingerprint density at radius 1 is 0.917 bits per heavy atom. The Morgan fingerprint density at radius 2 is 1.58 bits per heavy atom. The van der Waals surface area contributed by atoms with E-state index in [9.17, 15) is 4.79 Å². The van der Waals surface area contributed by atoms with Crippen molar-refractivity contribution >= 4 is 17.3 Å². The van der Waals surface area contributed by atoms with Crippen molar-refractivity contribution < 1.29 is 19.0 Å². The van der Waals surface area contributed by atoms with Gasteiger partial charge in [-0.2, -0.15) is 0 Å². The van der Waals surface area contributed by atoms with E-state index in [4.69, 9.17) is 14.2 Å². The second kappa shape index (κ2) is 8.67. The lowest BCUT2D eigenvalue weighted by atomic mass is 10.2. The Bertz CT molecular complexity index is 671. The summed E-state index contributed by atoms with van der Waals surface area (Å²) >= 11 is 0. The number of rotatable bonds is 8. The molecule has 0 bridgehead atoms. The number of methoxy groups -OCH3 is 3. The summed E-state index contributed by atoms with van der Waals surface area (Å²) in [6, 6.07) is 12.8. The van der Waals surface area contributed by atoms with E-state index in [-0.39, 0.29) is 5.91 Å². The minimum atomic E-state index is -0.0977. The molecule has 2 N–H and O–H groups in total. The molecule has 0 aliphatic heterocycles. The average Bonchev–Trinajstić information content (AvgIpc) is 2.62. The number of benzene rings is 2. The maximum absolute atomic E-state index is 12.1. The van der Waals surface area contributed by atoms with Crippen LogP contribution in [-0.4, -0.2) is 33.8 Å². The van der Waals surface area contributed by atoms with Gasteiger partial charge >= 0.3 is 0 Å². The summed E-state index contributed by atoms with van der Waals surface area (Å²) < 4.78 is 15.5. The van der Waals surface area contributed by atoms with Crippen LogP contribution in [0, 0.1) is 0 Å². The second-order valence-electron chi connectivity index (χ2n) is 5.02. The zero-order valence-corrected chi connectivity index (χ0v) is 14.1. The van der Waals surface area contributed by atoms with Crippen LogP contribution >= 0.6 is 0 Å². The molecular weight excluding hydrogens is 308 g/mol. The molecule has 0 aliphatic carbocycles. The zero-order chi connectivity index (χ0) is 17.4. The number of ether oxygens (including phenoxy) is 3. The van der Waals surface area contributed by atoms with Gasteiger partial charge in [-0.1, -0.05) is 0 Å². The molecule has 2 aromatic rings. The van der Waals surface area contributed by atoms with Crippen LogP contribution in [-0.2, 0) is 4.79 Å². The van der Waals surface area contributed by atoms with Gasteiger partial charge in [0.1, 0.15) is 17.2 Å². The van der Waals surface area contributed by atoms with Crippen LogP contribution < -0.4 is 24.8 Å². The van der Waals surface area contributed by atoms with Crippen molar-refractivity contribution in [1.29, 1.82) is 0 Å². The summed E-state index contributed by atoms with van der Waals surface area (Å²) in [5.41, 5.74) is 1.55. The first kappa shape index (κ1) is 17.5. The Hall–Kier alpha value is -2.89. The van der Waals surface area contributed by atoms with E-state index in [1.54, 1.807) is 39.5 Å². The number of nitrogens with one attached hydrogen (secondary N) is 2. The smallest absolute Gasteiger partial charge is 0.226 e. The van der Waals surface area contributed by atoms with E-state index in [1.165, 1.54) is 0 Å². The van der Waals surface area contributed by atoms with Crippen LogP contribution in [0.3, 0.4) is 0 Å². The fraction of sp³-hybridized carbons (Fsp3) is 0.278. The minimum Gasteiger partial charge on any atom is -0.497 e. The molecule has 0 aliphatic rings. The largest absolute Gasteiger partial charge is 0.497 e. The van der Waals surface area contributed by atoms with Gasteiger partial charge in [-0.3, -0.25) is 4.79 Å². The van der Waals surface area contributed by atoms with Crippen molar-refractivity contribution in [2.75, 3.05) is 38.5 Å². The Balaban J connectivity index is 1.84. The third-order valence-electron chi connectivity index (χ3n) is 3.45. The number of carbonyl (C=O) groups is 1. The van der Waals surface area contributed by atoms with E-state index in [0.29, 0.717) is 30.2 Å². The summed E-state index contributed by atoms with van der Waals surface area (Å²) in [5, 5.41) is 6.03. The van der Waals surface area contributed by atoms with Crippen molar-refractivity contribution in [2.45, 2.75) is 6.42 Å². The van der Waals surface area contributed by atoms with Crippen molar-refractivity contribution in [2.24, 2.45) is 0 Å². The van der Waals surface area contributed by atoms with E-state index in [2.05, 4.69) is 10.6 Å². The number of hydrogen-bond acceptors (Lipinski definition) is 5. The van der Waals surface area contributed by atoms with Gasteiger partial charge in [0.25, 0.3) is 0 Å². The summed E-state index contributed by atoms with van der Waals surface area (Å²) in [7, 11) is 4.76. The molecule has 2 rings (SSSR count). The molecule has 128 valence electrons. The van der Waals surface area contributed by atoms with Crippen LogP contribution in [0.15, 0.2) is 42.5 Å². The van der Waals surface area contributed by atoms with Crippen LogP contribution in [0.4, 0.5) is 11.4 Å². The summed E-state index contributed by atoms with van der Waals surface area (Å²) in [6.45, 7) is 0.524. The van der Waals surface area contributed by atoms with Crippen molar-refractivity contribution in [1.82, 2.24) is 0 Å². The normalized spacial score (nSPS) is 9.96. The number of carbonyl (C=O) groups excluding carboxylic acids is 1. The molecular formula is C18H22N2O4. The maximum Gasteiger partial charge on any atom is 0.226 e. The number of hydrogen-bond donors (Lipinski definition) is 2. The molecule has 0 saturated heterocycles. The van der Waals surface area contributed by atoms with Gasteiger partial charge < -0.3 is 24.8 Å². The van der Waals surface area contributed by atoms with Gasteiger partial charge in [-0.05, 0) is 36.4 Å². The molecule has 6 heteroatoms. The molecule has 0 heterocycles. The Morgan fingerprint density at radius 3 is 2.21 bits per heavy atom. The van der Waals surface area contributed by atoms with E-state index in [0.717, 1.165) is 11.4 Å². The fourth-order valence-electron chi connectivity index (χ4n) is 2.14. The first-order valence-electron chi connectivity index (χ1n) is 7.56. The summed E-state index contributed by atoms with van der Waals surface area (Å²) in [6.07, 6.45) is 0.335. The van der Waals surface area contributed by atoms with Gasteiger partial charge in [0.15, 0.2) is 0 Å². The lowest BCUT2D eigenvalue weighted by Crippen LogP contribution is -2.16. The third kappa shape index (κ3) is 4.81. The highest BCUT2D eigenvalue weighted by Crippen LogP contribution is 2.29. The highest BCUT2D eigenvalue weighted by atomic mass is 16.5.